The van der Waals surface area contributed by atoms with E-state index in [0.29, 0.717) is 34.4 Å². The fourth-order valence-electron chi connectivity index (χ4n) is 3.72. The number of rotatable bonds is 7. The number of fused-ring (bicyclic) bond motifs is 1. The smallest absolute Gasteiger partial charge is 0.267 e. The molecule has 174 valence electrons. The highest BCUT2D eigenvalue weighted by molar-refractivity contribution is 8.68. The van der Waals surface area contributed by atoms with Crippen molar-refractivity contribution < 1.29 is 13.8 Å². The maximum absolute atomic E-state index is 13.3. The van der Waals surface area contributed by atoms with E-state index in [1.807, 2.05) is 38.1 Å². The summed E-state index contributed by atoms with van der Waals surface area (Å²) in [7, 11) is 0.162. The lowest BCUT2D eigenvalue weighted by Crippen LogP contribution is -2.18. The van der Waals surface area contributed by atoms with Crippen LogP contribution in [0.1, 0.15) is 37.8 Å². The van der Waals surface area contributed by atoms with E-state index < -0.39 is 15.7 Å². The molecule has 0 saturated carbocycles. The summed E-state index contributed by atoms with van der Waals surface area (Å²) in [6.45, 7) is 4.16. The maximum atomic E-state index is 13.3. The second kappa shape index (κ2) is 9.78. The van der Waals surface area contributed by atoms with Crippen LogP contribution in [0.2, 0.25) is 0 Å². The van der Waals surface area contributed by atoms with Gasteiger partial charge in [0.15, 0.2) is 0 Å². The summed E-state index contributed by atoms with van der Waals surface area (Å²) >= 11 is 0. The highest BCUT2D eigenvalue weighted by Gasteiger charge is 2.19. The minimum atomic E-state index is -1.12. The van der Waals surface area contributed by atoms with Crippen LogP contribution in [0.15, 0.2) is 59.5 Å². The zero-order valence-corrected chi connectivity index (χ0v) is 20.5. The van der Waals surface area contributed by atoms with Crippen LogP contribution in [0.25, 0.3) is 10.9 Å². The quantitative estimate of drug-likeness (QED) is 0.378. The monoisotopic (exact) mass is 493 g/mol. The highest BCUT2D eigenvalue weighted by Crippen LogP contribution is 2.25. The number of nitrogens with one attached hydrogen (secondary N) is 1. The van der Waals surface area contributed by atoms with Gasteiger partial charge >= 0.3 is 0 Å². The molecular formula is C24H23N5O3S2. The lowest BCUT2D eigenvalue weighted by atomic mass is 10.1. The van der Waals surface area contributed by atoms with E-state index in [-0.39, 0.29) is 11.6 Å². The minimum Gasteiger partial charge on any atom is -0.364 e. The number of para-hydroxylation sites is 1. The van der Waals surface area contributed by atoms with E-state index in [9.17, 15) is 13.8 Å². The number of hydrogen-bond donors (Lipinski definition) is 2. The van der Waals surface area contributed by atoms with Crippen LogP contribution in [-0.4, -0.2) is 37.0 Å². The molecule has 0 radical (unpaired) electrons. The molecule has 0 saturated heterocycles. The molecule has 3 N–H and O–H groups in total. The van der Waals surface area contributed by atoms with E-state index in [1.165, 1.54) is 16.9 Å². The van der Waals surface area contributed by atoms with E-state index in [2.05, 4.69) is 15.4 Å². The second-order valence-electron chi connectivity index (χ2n) is 7.64. The van der Waals surface area contributed by atoms with Gasteiger partial charge in [-0.3, -0.25) is 14.3 Å². The summed E-state index contributed by atoms with van der Waals surface area (Å²) in [4.78, 5) is 30.0. The van der Waals surface area contributed by atoms with Crippen molar-refractivity contribution in [1.29, 1.82) is 0 Å². The summed E-state index contributed by atoms with van der Waals surface area (Å²) in [5, 5.41) is 8.15. The molecule has 0 aliphatic rings. The summed E-state index contributed by atoms with van der Waals surface area (Å²) in [5.74, 6) is -1.09. The molecule has 8 nitrogen and oxygen atoms in total. The van der Waals surface area contributed by atoms with Crippen molar-refractivity contribution in [1.82, 2.24) is 14.8 Å². The lowest BCUT2D eigenvalue weighted by Gasteiger charge is -2.10. The van der Waals surface area contributed by atoms with Gasteiger partial charge in [-0.25, -0.2) is 9.19 Å². The third-order valence-electron chi connectivity index (χ3n) is 5.41. The predicted octanol–water partition coefficient (Wildman–Crippen LogP) is 3.83. The number of aromatic nitrogens is 3. The average Bonchev–Trinajstić information content (AvgIpc) is 3.10. The molecule has 10 heteroatoms. The largest absolute Gasteiger partial charge is 0.364 e. The molecule has 0 spiro atoms. The third kappa shape index (κ3) is 4.73. The van der Waals surface area contributed by atoms with E-state index >= 15 is 0 Å². The third-order valence-corrected chi connectivity index (χ3v) is 7.84. The summed E-state index contributed by atoms with van der Waals surface area (Å²) in [6.07, 6.45) is 1.80. The fourth-order valence-corrected chi connectivity index (χ4v) is 5.24. The van der Waals surface area contributed by atoms with Crippen LogP contribution >= 0.6 is 10.8 Å². The lowest BCUT2D eigenvalue weighted by molar-refractivity contribution is 0.0996. The number of nitrogens with two attached hydrogens (primary N) is 1. The minimum absolute atomic E-state index is 0.0236. The van der Waals surface area contributed by atoms with Gasteiger partial charge in [0.05, 0.1) is 34.7 Å². The highest BCUT2D eigenvalue weighted by atomic mass is 33.1. The molecule has 2 aromatic carbocycles. The van der Waals surface area contributed by atoms with Gasteiger partial charge in [0.2, 0.25) is 0 Å². The van der Waals surface area contributed by atoms with Gasteiger partial charge < -0.3 is 11.1 Å². The second-order valence-corrected chi connectivity index (χ2v) is 10.8. The number of anilines is 1. The van der Waals surface area contributed by atoms with Crippen LogP contribution in [0.3, 0.4) is 0 Å². The predicted molar refractivity (Wildman–Crippen MR) is 135 cm³/mol. The summed E-state index contributed by atoms with van der Waals surface area (Å²) in [5.41, 5.74) is 9.24. The van der Waals surface area contributed by atoms with Gasteiger partial charge in [-0.2, -0.15) is 5.10 Å². The fraction of sp³-hybridized carbons (Fsp3) is 0.167. The van der Waals surface area contributed by atoms with Gasteiger partial charge in [0, 0.05) is 10.3 Å². The number of amides is 2. The summed E-state index contributed by atoms with van der Waals surface area (Å²) < 4.78 is 13.9. The number of hydrogen-bond acceptors (Lipinski definition) is 6. The Labute approximate surface area is 202 Å². The van der Waals surface area contributed by atoms with Crippen LogP contribution in [0.4, 0.5) is 5.69 Å². The molecule has 2 heterocycles. The topological polar surface area (TPSA) is 120 Å². The van der Waals surface area contributed by atoms with Gasteiger partial charge in [-0.05, 0) is 49.9 Å². The first-order valence-electron chi connectivity index (χ1n) is 10.4. The van der Waals surface area contributed by atoms with Crippen molar-refractivity contribution in [3.63, 3.8) is 0 Å². The number of primary amides is 1. The van der Waals surface area contributed by atoms with Crippen LogP contribution in [0.5, 0.6) is 0 Å². The Hall–Kier alpha value is -3.50. The SMILES string of the molecule is CSS(=O)c1cccc(Cn2nc(C)c(NC(=O)c3cc(C(N)=O)nc4ccccc34)c2C)c1. The van der Waals surface area contributed by atoms with E-state index in [4.69, 9.17) is 5.73 Å². The van der Waals surface area contributed by atoms with E-state index in [1.54, 1.807) is 35.2 Å². The van der Waals surface area contributed by atoms with Crippen molar-refractivity contribution in [2.45, 2.75) is 25.3 Å². The molecule has 0 aliphatic heterocycles. The van der Waals surface area contributed by atoms with Crippen molar-refractivity contribution in [3.05, 3.63) is 82.8 Å². The van der Waals surface area contributed by atoms with Crippen LogP contribution < -0.4 is 11.1 Å². The normalized spacial score (nSPS) is 12.0. The van der Waals surface area contributed by atoms with E-state index in [0.717, 1.165) is 16.2 Å². The number of nitrogens with zero attached hydrogens (tertiary/aromatic N) is 3. The molecule has 4 aromatic rings. The first-order valence-corrected chi connectivity index (χ1v) is 13.3. The maximum Gasteiger partial charge on any atom is 0.267 e. The Morgan fingerprint density at radius 1 is 1.12 bits per heavy atom. The Morgan fingerprint density at radius 3 is 2.62 bits per heavy atom. The average molecular weight is 494 g/mol. The van der Waals surface area contributed by atoms with Crippen LogP contribution in [0, 0.1) is 13.8 Å². The molecule has 0 bridgehead atoms. The number of pyridine rings is 1. The van der Waals surface area contributed by atoms with Gasteiger partial charge in [0.1, 0.15) is 15.5 Å². The first-order chi connectivity index (χ1) is 16.3. The summed E-state index contributed by atoms with van der Waals surface area (Å²) in [6, 6.07) is 16.1. The molecule has 1 unspecified atom stereocenters. The number of aryl methyl sites for hydroxylation is 1. The van der Waals surface area contributed by atoms with Crippen molar-refractivity contribution in [3.8, 4) is 0 Å². The molecule has 0 aliphatic carbocycles. The Morgan fingerprint density at radius 2 is 1.88 bits per heavy atom. The first kappa shape index (κ1) is 23.7. The van der Waals surface area contributed by atoms with Crippen molar-refractivity contribution in [2.75, 3.05) is 11.6 Å². The number of benzene rings is 2. The standard InChI is InChI=1S/C24H23N5O3S2/c1-14-22(15(2)29(28-14)13-16-7-6-8-17(11-16)34(32)33-3)27-24(31)19-12-21(23(25)30)26-20-10-5-4-9-18(19)20/h4-12H,13H2,1-3H3,(H2,25,30)(H,27,31). The Bertz CT molecular complexity index is 1450. The molecule has 0 fully saturated rings. The Kier molecular flexibility index (Phi) is 6.80. The van der Waals surface area contributed by atoms with Gasteiger partial charge in [-0.15, -0.1) is 0 Å². The molecular weight excluding hydrogens is 470 g/mol. The zero-order chi connectivity index (χ0) is 24.4. The van der Waals surface area contributed by atoms with Gasteiger partial charge in [0.25, 0.3) is 11.8 Å². The molecule has 2 aromatic heterocycles. The molecule has 34 heavy (non-hydrogen) atoms. The zero-order valence-electron chi connectivity index (χ0n) is 18.9. The molecule has 2 amide bonds. The number of carbonyl (C=O) groups excluding carboxylic acids is 2. The number of carbonyl (C=O) groups is 2. The van der Waals surface area contributed by atoms with Crippen molar-refractivity contribution >= 4 is 49.0 Å². The van der Waals surface area contributed by atoms with Gasteiger partial charge in [-0.1, -0.05) is 41.1 Å². The van der Waals surface area contributed by atoms with Crippen molar-refractivity contribution in [2.24, 2.45) is 5.73 Å². The van der Waals surface area contributed by atoms with Crippen LogP contribution in [-0.2, 0) is 16.4 Å². The molecule has 1 atom stereocenters. The molecule has 4 rings (SSSR count). The Balaban J connectivity index is 1.65.